The van der Waals surface area contributed by atoms with Crippen molar-refractivity contribution in [2.24, 2.45) is 5.92 Å². The molecule has 1 aliphatic heterocycles. The summed E-state index contributed by atoms with van der Waals surface area (Å²) in [7, 11) is 0. The van der Waals surface area contributed by atoms with Crippen molar-refractivity contribution < 1.29 is 14.7 Å². The third kappa shape index (κ3) is 3.97. The highest BCUT2D eigenvalue weighted by molar-refractivity contribution is 7.10. The number of nitrogens with one attached hydrogen (secondary N) is 1. The van der Waals surface area contributed by atoms with Gasteiger partial charge >= 0.3 is 12.0 Å². The number of likely N-dealkylation sites (tertiary alicyclic amines) is 1. The third-order valence-electron chi connectivity index (χ3n) is 3.93. The Morgan fingerprint density at radius 2 is 2.29 bits per heavy atom. The molecule has 0 unspecified atom stereocenters. The zero-order valence-electron chi connectivity index (χ0n) is 12.5. The Balaban J connectivity index is 1.88. The minimum absolute atomic E-state index is 0.119. The van der Waals surface area contributed by atoms with Gasteiger partial charge in [-0.25, -0.2) is 4.79 Å². The van der Waals surface area contributed by atoms with Gasteiger partial charge in [0.2, 0.25) is 0 Å². The first-order valence-corrected chi connectivity index (χ1v) is 8.08. The van der Waals surface area contributed by atoms with Crippen molar-refractivity contribution in [3.8, 4) is 0 Å². The molecule has 1 atom stereocenters. The van der Waals surface area contributed by atoms with E-state index >= 15 is 0 Å². The number of amides is 2. The Morgan fingerprint density at radius 1 is 1.52 bits per heavy atom. The van der Waals surface area contributed by atoms with Gasteiger partial charge in [-0.15, -0.1) is 11.3 Å². The van der Waals surface area contributed by atoms with Crippen molar-refractivity contribution in [3.63, 3.8) is 0 Å². The largest absolute Gasteiger partial charge is 0.481 e. The van der Waals surface area contributed by atoms with Crippen molar-refractivity contribution in [1.29, 1.82) is 0 Å². The van der Waals surface area contributed by atoms with Gasteiger partial charge in [0.05, 0.1) is 5.92 Å². The molecule has 2 heterocycles. The fourth-order valence-corrected chi connectivity index (χ4v) is 3.37. The number of piperidine rings is 1. The Labute approximate surface area is 129 Å². The Kier molecular flexibility index (Phi) is 4.88. The molecule has 1 aromatic heterocycles. The molecular weight excluding hydrogens is 288 g/mol. The second-order valence-electron chi connectivity index (χ2n) is 6.14. The maximum Gasteiger partial charge on any atom is 0.317 e. The Hall–Kier alpha value is -1.56. The number of carbonyl (C=O) groups excluding carboxylic acids is 1. The maximum atomic E-state index is 12.2. The minimum Gasteiger partial charge on any atom is -0.481 e. The molecule has 0 aromatic carbocycles. The second kappa shape index (κ2) is 6.47. The molecule has 2 N–H and O–H groups in total. The molecule has 116 valence electrons. The SMILES string of the molecule is CC(C)(CNC(=O)N1CCC[C@@H](C(=O)O)C1)c1cccs1. The van der Waals surface area contributed by atoms with Crippen LogP contribution in [-0.4, -0.2) is 41.6 Å². The van der Waals surface area contributed by atoms with Crippen molar-refractivity contribution >= 4 is 23.3 Å². The Morgan fingerprint density at radius 3 is 2.90 bits per heavy atom. The predicted molar refractivity (Wildman–Crippen MR) is 82.7 cm³/mol. The molecule has 0 bridgehead atoms. The predicted octanol–water partition coefficient (Wildman–Crippen LogP) is 2.53. The van der Waals surface area contributed by atoms with Gasteiger partial charge in [-0.1, -0.05) is 19.9 Å². The highest BCUT2D eigenvalue weighted by Crippen LogP contribution is 2.26. The molecule has 1 saturated heterocycles. The van der Waals surface area contributed by atoms with E-state index in [0.717, 1.165) is 6.42 Å². The summed E-state index contributed by atoms with van der Waals surface area (Å²) >= 11 is 1.68. The van der Waals surface area contributed by atoms with Gasteiger partial charge in [0.15, 0.2) is 0 Å². The molecule has 6 heteroatoms. The lowest BCUT2D eigenvalue weighted by atomic mass is 9.91. The quantitative estimate of drug-likeness (QED) is 0.898. The summed E-state index contributed by atoms with van der Waals surface area (Å²) in [4.78, 5) is 26.1. The lowest BCUT2D eigenvalue weighted by Crippen LogP contribution is -2.49. The smallest absolute Gasteiger partial charge is 0.317 e. The van der Waals surface area contributed by atoms with Gasteiger partial charge in [-0.3, -0.25) is 4.79 Å². The number of urea groups is 1. The number of hydrogen-bond donors (Lipinski definition) is 2. The van der Waals surface area contributed by atoms with Crippen LogP contribution >= 0.6 is 11.3 Å². The van der Waals surface area contributed by atoms with Gasteiger partial charge in [-0.05, 0) is 24.3 Å². The van der Waals surface area contributed by atoms with E-state index in [2.05, 4.69) is 25.2 Å². The van der Waals surface area contributed by atoms with E-state index in [1.165, 1.54) is 4.88 Å². The van der Waals surface area contributed by atoms with Gasteiger partial charge < -0.3 is 15.3 Å². The molecule has 2 amide bonds. The van der Waals surface area contributed by atoms with Crippen LogP contribution in [0.5, 0.6) is 0 Å². The summed E-state index contributed by atoms with van der Waals surface area (Å²) < 4.78 is 0. The molecule has 1 fully saturated rings. The van der Waals surface area contributed by atoms with Gasteiger partial charge in [0.25, 0.3) is 0 Å². The summed E-state index contributed by atoms with van der Waals surface area (Å²) in [6.45, 7) is 5.67. The topological polar surface area (TPSA) is 69.6 Å². The fraction of sp³-hybridized carbons (Fsp3) is 0.600. The van der Waals surface area contributed by atoms with Gasteiger partial charge in [-0.2, -0.15) is 0 Å². The standard InChI is InChI=1S/C15H22N2O3S/c1-15(2,12-6-4-8-21-12)10-16-14(20)17-7-3-5-11(9-17)13(18)19/h4,6,8,11H,3,5,7,9-10H2,1-2H3,(H,16,20)(H,18,19)/t11-/m1/s1. The molecule has 0 saturated carbocycles. The highest BCUT2D eigenvalue weighted by atomic mass is 32.1. The van der Waals surface area contributed by atoms with Crippen LogP contribution in [0.4, 0.5) is 4.79 Å². The molecule has 5 nitrogen and oxygen atoms in total. The number of carboxylic acid groups (broad SMARTS) is 1. The average molecular weight is 310 g/mol. The Bertz CT molecular complexity index is 499. The highest BCUT2D eigenvalue weighted by Gasteiger charge is 2.29. The van der Waals surface area contributed by atoms with E-state index in [0.29, 0.717) is 26.1 Å². The molecule has 2 rings (SSSR count). The van der Waals surface area contributed by atoms with E-state index in [1.807, 2.05) is 11.4 Å². The van der Waals surface area contributed by atoms with Crippen LogP contribution in [0.25, 0.3) is 0 Å². The number of hydrogen-bond acceptors (Lipinski definition) is 3. The summed E-state index contributed by atoms with van der Waals surface area (Å²) in [5.74, 6) is -1.25. The molecule has 21 heavy (non-hydrogen) atoms. The molecule has 1 aliphatic rings. The molecule has 0 aliphatic carbocycles. The van der Waals surface area contributed by atoms with Crippen LogP contribution in [0.1, 0.15) is 31.6 Å². The second-order valence-corrected chi connectivity index (χ2v) is 7.09. The van der Waals surface area contributed by atoms with Gasteiger partial charge in [0.1, 0.15) is 0 Å². The summed E-state index contributed by atoms with van der Waals surface area (Å²) in [5.41, 5.74) is -0.119. The molecule has 1 aromatic rings. The van der Waals surface area contributed by atoms with Crippen LogP contribution < -0.4 is 5.32 Å². The monoisotopic (exact) mass is 310 g/mol. The lowest BCUT2D eigenvalue weighted by Gasteiger charge is -2.32. The van der Waals surface area contributed by atoms with E-state index in [-0.39, 0.29) is 11.4 Å². The van der Waals surface area contributed by atoms with Gasteiger partial charge in [0, 0.05) is 29.9 Å². The zero-order chi connectivity index (χ0) is 15.5. The van der Waals surface area contributed by atoms with E-state index < -0.39 is 11.9 Å². The fourth-order valence-electron chi connectivity index (χ4n) is 2.52. The summed E-state index contributed by atoms with van der Waals surface area (Å²) in [5, 5.41) is 14.0. The minimum atomic E-state index is -0.814. The lowest BCUT2D eigenvalue weighted by molar-refractivity contribution is -0.143. The van der Waals surface area contributed by atoms with Crippen LogP contribution in [0.2, 0.25) is 0 Å². The molecule has 0 radical (unpaired) electrons. The van der Waals surface area contributed by atoms with Crippen LogP contribution in [0.15, 0.2) is 17.5 Å². The number of rotatable bonds is 4. The molecular formula is C15H22N2O3S. The molecule has 0 spiro atoms. The van der Waals surface area contributed by atoms with E-state index in [4.69, 9.17) is 5.11 Å². The van der Waals surface area contributed by atoms with E-state index in [1.54, 1.807) is 16.2 Å². The first-order chi connectivity index (χ1) is 9.90. The first-order valence-electron chi connectivity index (χ1n) is 7.20. The summed E-state index contributed by atoms with van der Waals surface area (Å²) in [6, 6.07) is 3.91. The summed E-state index contributed by atoms with van der Waals surface area (Å²) in [6.07, 6.45) is 1.40. The number of nitrogens with zero attached hydrogens (tertiary/aromatic N) is 1. The number of thiophene rings is 1. The van der Waals surface area contributed by atoms with Crippen molar-refractivity contribution in [2.75, 3.05) is 19.6 Å². The number of carbonyl (C=O) groups is 2. The zero-order valence-corrected chi connectivity index (χ0v) is 13.3. The van der Waals surface area contributed by atoms with Crippen molar-refractivity contribution in [2.45, 2.75) is 32.1 Å². The van der Waals surface area contributed by atoms with Crippen LogP contribution in [-0.2, 0) is 10.2 Å². The maximum absolute atomic E-state index is 12.2. The van der Waals surface area contributed by atoms with Crippen molar-refractivity contribution in [3.05, 3.63) is 22.4 Å². The van der Waals surface area contributed by atoms with E-state index in [9.17, 15) is 9.59 Å². The normalized spacial score (nSPS) is 19.3. The first kappa shape index (κ1) is 15.8. The number of carboxylic acids is 1. The van der Waals surface area contributed by atoms with Crippen LogP contribution in [0, 0.1) is 5.92 Å². The average Bonchev–Trinajstić information content (AvgIpc) is 3.00. The van der Waals surface area contributed by atoms with Crippen LogP contribution in [0.3, 0.4) is 0 Å². The van der Waals surface area contributed by atoms with Crippen molar-refractivity contribution in [1.82, 2.24) is 10.2 Å². The number of aliphatic carboxylic acids is 1. The third-order valence-corrected chi connectivity index (χ3v) is 5.16.